The number of fused-ring (bicyclic) bond motifs is 2. The molecular formula is C20H18BN5O2. The highest BCUT2D eigenvalue weighted by Gasteiger charge is 2.20. The molecule has 2 aromatic carbocycles. The maximum atomic E-state index is 6.07. The summed E-state index contributed by atoms with van der Waals surface area (Å²) in [6.45, 7) is 2.56. The van der Waals surface area contributed by atoms with Gasteiger partial charge in [0, 0.05) is 29.4 Å². The van der Waals surface area contributed by atoms with Crippen LogP contribution in [0.3, 0.4) is 0 Å². The van der Waals surface area contributed by atoms with Crippen LogP contribution in [0.5, 0.6) is 5.75 Å². The van der Waals surface area contributed by atoms with Gasteiger partial charge in [-0.2, -0.15) is 15.3 Å². The predicted octanol–water partition coefficient (Wildman–Crippen LogP) is 1.84. The average molecular weight is 371 g/mol. The van der Waals surface area contributed by atoms with Crippen molar-refractivity contribution >= 4 is 29.5 Å². The molecule has 8 heteroatoms. The quantitative estimate of drug-likeness (QED) is 0.541. The van der Waals surface area contributed by atoms with Crippen LogP contribution in [0.4, 0.5) is 5.69 Å². The Bertz CT molecular complexity index is 1160. The van der Waals surface area contributed by atoms with Crippen LogP contribution in [0, 0.1) is 0 Å². The van der Waals surface area contributed by atoms with Crippen molar-refractivity contribution in [1.29, 1.82) is 0 Å². The first-order chi connectivity index (χ1) is 13.7. The minimum atomic E-state index is -0.00325. The number of nitrogens with two attached hydrogens (primary N) is 1. The van der Waals surface area contributed by atoms with Crippen molar-refractivity contribution in [2.75, 3.05) is 12.3 Å². The number of ether oxygens (including phenoxy) is 1. The first kappa shape index (κ1) is 16.8. The standard InChI is InChI=1S/C20H18BN5O2/c1-12-11-27-21-16-8-15(19(9-20(16)28-12)26-6-2-5-24-26)13-3-4-14-17(22)10-23-25-18(14)7-13/h2-10,12,21H,11H2,1H3,(H2,22,25). The van der Waals surface area contributed by atoms with Crippen molar-refractivity contribution < 1.29 is 9.39 Å². The Kier molecular flexibility index (Phi) is 3.98. The second-order valence-corrected chi connectivity index (χ2v) is 6.90. The van der Waals surface area contributed by atoms with Crippen molar-refractivity contribution in [2.24, 2.45) is 0 Å². The van der Waals surface area contributed by atoms with Gasteiger partial charge in [-0.25, -0.2) is 4.68 Å². The third-order valence-corrected chi connectivity index (χ3v) is 4.85. The van der Waals surface area contributed by atoms with Gasteiger partial charge in [-0.05, 0) is 36.1 Å². The molecule has 2 aromatic heterocycles. The summed E-state index contributed by atoms with van der Waals surface area (Å²) in [4.78, 5) is 0. The first-order valence-corrected chi connectivity index (χ1v) is 9.11. The maximum Gasteiger partial charge on any atom is 0.312 e. The fourth-order valence-electron chi connectivity index (χ4n) is 3.50. The van der Waals surface area contributed by atoms with E-state index in [1.807, 2.05) is 48.1 Å². The fraction of sp³-hybridized carbons (Fsp3) is 0.150. The number of anilines is 1. The van der Waals surface area contributed by atoms with Crippen molar-refractivity contribution in [2.45, 2.75) is 13.0 Å². The van der Waals surface area contributed by atoms with Crippen molar-refractivity contribution in [3.8, 4) is 22.6 Å². The van der Waals surface area contributed by atoms with Gasteiger partial charge in [-0.1, -0.05) is 12.1 Å². The third-order valence-electron chi connectivity index (χ3n) is 4.85. The SMILES string of the molecule is CC1COBc2cc(-c3ccc4c(N)cnnc4c3)c(-n3cccn3)cc2O1. The lowest BCUT2D eigenvalue weighted by Crippen LogP contribution is -2.18. The number of nitrogen functional groups attached to an aromatic ring is 1. The van der Waals surface area contributed by atoms with E-state index in [2.05, 4.69) is 21.4 Å². The highest BCUT2D eigenvalue weighted by Crippen LogP contribution is 2.32. The van der Waals surface area contributed by atoms with Crippen LogP contribution < -0.4 is 15.9 Å². The fourth-order valence-corrected chi connectivity index (χ4v) is 3.50. The second kappa shape index (κ2) is 6.65. The van der Waals surface area contributed by atoms with Gasteiger partial charge in [-0.3, -0.25) is 0 Å². The molecule has 0 bridgehead atoms. The summed E-state index contributed by atoms with van der Waals surface area (Å²) in [6.07, 6.45) is 5.24. The summed E-state index contributed by atoms with van der Waals surface area (Å²) in [6, 6.07) is 12.0. The zero-order chi connectivity index (χ0) is 19.1. The van der Waals surface area contributed by atoms with Crippen molar-refractivity contribution in [3.63, 3.8) is 0 Å². The van der Waals surface area contributed by atoms with Crippen molar-refractivity contribution in [3.05, 3.63) is 55.0 Å². The third kappa shape index (κ3) is 2.88. The molecule has 4 aromatic rings. The second-order valence-electron chi connectivity index (χ2n) is 6.90. The van der Waals surface area contributed by atoms with E-state index in [1.165, 1.54) is 0 Å². The zero-order valence-corrected chi connectivity index (χ0v) is 15.4. The lowest BCUT2D eigenvalue weighted by atomic mass is 9.84. The van der Waals surface area contributed by atoms with E-state index in [0.717, 1.165) is 38.9 Å². The molecule has 1 atom stereocenters. The van der Waals surface area contributed by atoms with Crippen LogP contribution in [-0.4, -0.2) is 40.2 Å². The topological polar surface area (TPSA) is 88.1 Å². The molecule has 5 rings (SSSR count). The first-order valence-electron chi connectivity index (χ1n) is 9.11. The van der Waals surface area contributed by atoms with Gasteiger partial charge >= 0.3 is 7.48 Å². The number of benzene rings is 2. The largest absolute Gasteiger partial charge is 0.489 e. The molecule has 1 unspecified atom stereocenters. The van der Waals surface area contributed by atoms with E-state index in [0.29, 0.717) is 19.8 Å². The van der Waals surface area contributed by atoms with Crippen LogP contribution in [0.15, 0.2) is 55.0 Å². The lowest BCUT2D eigenvalue weighted by Gasteiger charge is -2.17. The summed E-state index contributed by atoms with van der Waals surface area (Å²) < 4.78 is 13.7. The molecule has 0 fully saturated rings. The highest BCUT2D eigenvalue weighted by atomic mass is 16.5. The Morgan fingerprint density at radius 3 is 3.04 bits per heavy atom. The molecule has 0 saturated heterocycles. The molecule has 1 aliphatic rings. The summed E-state index contributed by atoms with van der Waals surface area (Å²) in [5.74, 6) is 0.823. The zero-order valence-electron chi connectivity index (χ0n) is 15.4. The average Bonchev–Trinajstić information content (AvgIpc) is 3.17. The predicted molar refractivity (Wildman–Crippen MR) is 109 cm³/mol. The van der Waals surface area contributed by atoms with Crippen molar-refractivity contribution in [1.82, 2.24) is 20.0 Å². The molecule has 1 aliphatic heterocycles. The monoisotopic (exact) mass is 371 g/mol. The molecular weight excluding hydrogens is 353 g/mol. The summed E-state index contributed by atoms with van der Waals surface area (Å²) in [5.41, 5.74) is 11.3. The van der Waals surface area contributed by atoms with Crippen LogP contribution in [-0.2, 0) is 4.65 Å². The van der Waals surface area contributed by atoms with E-state index < -0.39 is 0 Å². The minimum Gasteiger partial charge on any atom is -0.489 e. The van der Waals surface area contributed by atoms with E-state index >= 15 is 0 Å². The number of aromatic nitrogens is 4. The van der Waals surface area contributed by atoms with Crippen LogP contribution in [0.2, 0.25) is 0 Å². The van der Waals surface area contributed by atoms with Gasteiger partial charge in [0.1, 0.15) is 11.9 Å². The molecule has 28 heavy (non-hydrogen) atoms. The Hall–Kier alpha value is -3.39. The van der Waals surface area contributed by atoms with Crippen LogP contribution in [0.1, 0.15) is 6.92 Å². The molecule has 0 spiro atoms. The number of rotatable bonds is 2. The Labute approximate surface area is 162 Å². The Balaban J connectivity index is 1.73. The Morgan fingerprint density at radius 1 is 1.25 bits per heavy atom. The van der Waals surface area contributed by atoms with E-state index in [4.69, 9.17) is 15.1 Å². The van der Waals surface area contributed by atoms with Gasteiger partial charge in [0.15, 0.2) is 0 Å². The summed E-state index contributed by atoms with van der Waals surface area (Å²) in [7, 11) is 0.506. The molecule has 2 N–H and O–H groups in total. The van der Waals surface area contributed by atoms with Gasteiger partial charge in [0.25, 0.3) is 0 Å². The van der Waals surface area contributed by atoms with Gasteiger partial charge < -0.3 is 15.1 Å². The van der Waals surface area contributed by atoms with Crippen LogP contribution >= 0.6 is 0 Å². The Morgan fingerprint density at radius 2 is 2.18 bits per heavy atom. The van der Waals surface area contributed by atoms with E-state index in [1.54, 1.807) is 12.4 Å². The molecule has 0 aliphatic carbocycles. The minimum absolute atomic E-state index is 0.00325. The maximum absolute atomic E-state index is 6.07. The number of nitrogens with zero attached hydrogens (tertiary/aromatic N) is 4. The highest BCUT2D eigenvalue weighted by molar-refractivity contribution is 6.48. The molecule has 3 heterocycles. The summed E-state index contributed by atoms with van der Waals surface area (Å²) >= 11 is 0. The molecule has 0 amide bonds. The van der Waals surface area contributed by atoms with Crippen LogP contribution in [0.25, 0.3) is 27.7 Å². The van der Waals surface area contributed by atoms with Gasteiger partial charge in [0.2, 0.25) is 0 Å². The van der Waals surface area contributed by atoms with E-state index in [-0.39, 0.29) is 6.10 Å². The molecule has 0 saturated carbocycles. The number of hydrogen-bond acceptors (Lipinski definition) is 6. The lowest BCUT2D eigenvalue weighted by molar-refractivity contribution is 0.156. The van der Waals surface area contributed by atoms with Gasteiger partial charge in [-0.15, -0.1) is 0 Å². The molecule has 138 valence electrons. The smallest absolute Gasteiger partial charge is 0.312 e. The van der Waals surface area contributed by atoms with E-state index in [9.17, 15) is 0 Å². The molecule has 7 nitrogen and oxygen atoms in total. The number of hydrogen-bond donors (Lipinski definition) is 1. The summed E-state index contributed by atoms with van der Waals surface area (Å²) in [5, 5.41) is 13.5. The molecule has 0 radical (unpaired) electrons. The normalized spacial score (nSPS) is 16.1. The van der Waals surface area contributed by atoms with Gasteiger partial charge in [0.05, 0.1) is 29.7 Å².